The summed E-state index contributed by atoms with van der Waals surface area (Å²) in [6.45, 7) is 6.29. The SMILES string of the molecule is CCCCC(C)NS(=O)(=O)c1cc(CNC2CC2)oc1C. The van der Waals surface area contributed by atoms with Crippen molar-refractivity contribution in [2.24, 2.45) is 0 Å². The van der Waals surface area contributed by atoms with Gasteiger partial charge in [0, 0.05) is 18.2 Å². The lowest BCUT2D eigenvalue weighted by molar-refractivity contribution is 0.455. The number of furan rings is 1. The van der Waals surface area contributed by atoms with Crippen LogP contribution in [0, 0.1) is 6.92 Å². The molecular weight excluding hydrogens is 288 g/mol. The van der Waals surface area contributed by atoms with Gasteiger partial charge in [-0.25, -0.2) is 13.1 Å². The van der Waals surface area contributed by atoms with Crippen LogP contribution in [-0.2, 0) is 16.6 Å². The normalized spacial score (nSPS) is 17.1. The van der Waals surface area contributed by atoms with Crippen molar-refractivity contribution in [1.82, 2.24) is 10.0 Å². The van der Waals surface area contributed by atoms with Crippen molar-refractivity contribution >= 4 is 10.0 Å². The molecule has 2 N–H and O–H groups in total. The van der Waals surface area contributed by atoms with E-state index >= 15 is 0 Å². The largest absolute Gasteiger partial charge is 0.464 e. The highest BCUT2D eigenvalue weighted by Crippen LogP contribution is 2.23. The van der Waals surface area contributed by atoms with E-state index in [1.807, 2.05) is 6.92 Å². The molecule has 21 heavy (non-hydrogen) atoms. The maximum absolute atomic E-state index is 12.4. The minimum absolute atomic E-state index is 0.0581. The third-order valence-electron chi connectivity index (χ3n) is 3.70. The summed E-state index contributed by atoms with van der Waals surface area (Å²) in [6.07, 6.45) is 5.32. The predicted octanol–water partition coefficient (Wildman–Crippen LogP) is 2.70. The van der Waals surface area contributed by atoms with E-state index in [9.17, 15) is 8.42 Å². The average Bonchev–Trinajstić information content (AvgIpc) is 3.15. The molecule has 1 fully saturated rings. The molecule has 0 aliphatic heterocycles. The topological polar surface area (TPSA) is 71.3 Å². The Morgan fingerprint density at radius 3 is 2.76 bits per heavy atom. The summed E-state index contributed by atoms with van der Waals surface area (Å²) in [5.41, 5.74) is 0. The number of aryl methyl sites for hydroxylation is 1. The van der Waals surface area contributed by atoms with Gasteiger partial charge in [-0.05, 0) is 33.1 Å². The van der Waals surface area contributed by atoms with Crippen LogP contribution in [0.4, 0.5) is 0 Å². The summed E-state index contributed by atoms with van der Waals surface area (Å²) in [5, 5.41) is 3.32. The van der Waals surface area contributed by atoms with Crippen LogP contribution in [0.15, 0.2) is 15.4 Å². The zero-order chi connectivity index (χ0) is 15.5. The molecule has 0 spiro atoms. The number of hydrogen-bond donors (Lipinski definition) is 2. The zero-order valence-corrected chi connectivity index (χ0v) is 13.9. The molecule has 1 aliphatic carbocycles. The van der Waals surface area contributed by atoms with Crippen molar-refractivity contribution in [2.45, 2.75) is 76.4 Å². The molecule has 6 heteroatoms. The third kappa shape index (κ3) is 4.83. The van der Waals surface area contributed by atoms with Crippen molar-refractivity contribution in [3.05, 3.63) is 17.6 Å². The number of unbranched alkanes of at least 4 members (excludes halogenated alkanes) is 1. The first-order valence-corrected chi connectivity index (χ1v) is 9.25. The molecule has 0 amide bonds. The molecule has 0 bridgehead atoms. The lowest BCUT2D eigenvalue weighted by Gasteiger charge is -2.13. The van der Waals surface area contributed by atoms with Gasteiger partial charge in [-0.15, -0.1) is 0 Å². The van der Waals surface area contributed by atoms with Crippen molar-refractivity contribution in [3.8, 4) is 0 Å². The fraction of sp³-hybridized carbons (Fsp3) is 0.733. The Hall–Kier alpha value is -0.850. The first-order valence-electron chi connectivity index (χ1n) is 7.77. The van der Waals surface area contributed by atoms with Gasteiger partial charge in [-0.1, -0.05) is 19.8 Å². The van der Waals surface area contributed by atoms with Gasteiger partial charge >= 0.3 is 0 Å². The number of hydrogen-bond acceptors (Lipinski definition) is 4. The van der Waals surface area contributed by atoms with Gasteiger partial charge in [-0.2, -0.15) is 0 Å². The molecule has 1 aromatic rings. The van der Waals surface area contributed by atoms with Gasteiger partial charge in [0.1, 0.15) is 16.4 Å². The van der Waals surface area contributed by atoms with E-state index in [-0.39, 0.29) is 10.9 Å². The monoisotopic (exact) mass is 314 g/mol. The Kier molecular flexibility index (Phi) is 5.46. The molecule has 0 radical (unpaired) electrons. The summed E-state index contributed by atoms with van der Waals surface area (Å²) in [7, 11) is -3.49. The standard InChI is InChI=1S/C15H26N2O3S/c1-4-5-6-11(2)17-21(18,19)15-9-14(20-12(15)3)10-16-13-7-8-13/h9,11,13,16-17H,4-8,10H2,1-3H3. The molecule has 1 saturated carbocycles. The summed E-state index contributed by atoms with van der Waals surface area (Å²) >= 11 is 0. The summed E-state index contributed by atoms with van der Waals surface area (Å²) in [4.78, 5) is 0.262. The lowest BCUT2D eigenvalue weighted by atomic mass is 10.2. The highest BCUT2D eigenvalue weighted by Gasteiger charge is 2.25. The fourth-order valence-electron chi connectivity index (χ4n) is 2.31. The highest BCUT2D eigenvalue weighted by molar-refractivity contribution is 7.89. The van der Waals surface area contributed by atoms with E-state index in [1.165, 1.54) is 12.8 Å². The van der Waals surface area contributed by atoms with Gasteiger partial charge < -0.3 is 9.73 Å². The molecule has 1 aliphatic rings. The maximum atomic E-state index is 12.4. The molecule has 2 rings (SSSR count). The smallest absolute Gasteiger partial charge is 0.244 e. The molecule has 1 heterocycles. The second kappa shape index (κ2) is 6.94. The summed E-state index contributed by atoms with van der Waals surface area (Å²) in [5.74, 6) is 1.14. The quantitative estimate of drug-likeness (QED) is 0.735. The molecule has 5 nitrogen and oxygen atoms in total. The van der Waals surface area contributed by atoms with Crippen molar-refractivity contribution in [3.63, 3.8) is 0 Å². The summed E-state index contributed by atoms with van der Waals surface area (Å²) < 4.78 is 33.1. The van der Waals surface area contributed by atoms with Crippen LogP contribution < -0.4 is 10.0 Å². The van der Waals surface area contributed by atoms with Crippen LogP contribution in [0.3, 0.4) is 0 Å². The maximum Gasteiger partial charge on any atom is 0.244 e. The van der Waals surface area contributed by atoms with Gasteiger partial charge in [0.15, 0.2) is 0 Å². The van der Waals surface area contributed by atoms with Crippen LogP contribution in [0.5, 0.6) is 0 Å². The van der Waals surface area contributed by atoms with E-state index in [2.05, 4.69) is 17.0 Å². The van der Waals surface area contributed by atoms with Crippen LogP contribution in [0.1, 0.15) is 57.5 Å². The van der Waals surface area contributed by atoms with Crippen LogP contribution in [-0.4, -0.2) is 20.5 Å². The van der Waals surface area contributed by atoms with E-state index < -0.39 is 10.0 Å². The van der Waals surface area contributed by atoms with Gasteiger partial charge in [0.2, 0.25) is 10.0 Å². The summed E-state index contributed by atoms with van der Waals surface area (Å²) in [6, 6.07) is 2.15. The van der Waals surface area contributed by atoms with Crippen molar-refractivity contribution < 1.29 is 12.8 Å². The molecular formula is C15H26N2O3S. The Labute approximate surface area is 127 Å². The van der Waals surface area contributed by atoms with Crippen LogP contribution >= 0.6 is 0 Å². The van der Waals surface area contributed by atoms with E-state index in [1.54, 1.807) is 13.0 Å². The van der Waals surface area contributed by atoms with E-state index in [0.29, 0.717) is 24.1 Å². The first kappa shape index (κ1) is 16.5. The van der Waals surface area contributed by atoms with Gasteiger partial charge in [0.05, 0.1) is 6.54 Å². The third-order valence-corrected chi connectivity index (χ3v) is 5.40. The van der Waals surface area contributed by atoms with E-state index in [4.69, 9.17) is 4.42 Å². The Balaban J connectivity index is 2.00. The second-order valence-corrected chi connectivity index (χ2v) is 7.64. The van der Waals surface area contributed by atoms with Crippen LogP contribution in [0.2, 0.25) is 0 Å². The minimum atomic E-state index is -3.49. The Morgan fingerprint density at radius 2 is 2.14 bits per heavy atom. The molecule has 1 atom stereocenters. The van der Waals surface area contributed by atoms with Gasteiger partial charge in [-0.3, -0.25) is 0 Å². The lowest BCUT2D eigenvalue weighted by Crippen LogP contribution is -2.32. The molecule has 1 unspecified atom stereocenters. The average molecular weight is 314 g/mol. The zero-order valence-electron chi connectivity index (χ0n) is 13.1. The van der Waals surface area contributed by atoms with Crippen LogP contribution in [0.25, 0.3) is 0 Å². The molecule has 1 aromatic heterocycles. The molecule has 0 saturated heterocycles. The first-order chi connectivity index (χ1) is 9.92. The minimum Gasteiger partial charge on any atom is -0.464 e. The Morgan fingerprint density at radius 1 is 1.43 bits per heavy atom. The predicted molar refractivity (Wildman–Crippen MR) is 82.6 cm³/mol. The number of nitrogens with one attached hydrogen (secondary N) is 2. The van der Waals surface area contributed by atoms with E-state index in [0.717, 1.165) is 19.3 Å². The second-order valence-electron chi connectivity index (χ2n) is 5.95. The molecule has 120 valence electrons. The highest BCUT2D eigenvalue weighted by atomic mass is 32.2. The van der Waals surface area contributed by atoms with Gasteiger partial charge in [0.25, 0.3) is 0 Å². The Bertz CT molecular complexity index is 561. The van der Waals surface area contributed by atoms with Crippen molar-refractivity contribution in [1.29, 1.82) is 0 Å². The fourth-order valence-corrected chi connectivity index (χ4v) is 3.79. The number of rotatable bonds is 9. The molecule has 0 aromatic carbocycles. The van der Waals surface area contributed by atoms with Crippen molar-refractivity contribution in [2.75, 3.05) is 0 Å². The number of sulfonamides is 1.